The number of rotatable bonds is 2. The lowest BCUT2D eigenvalue weighted by atomic mass is 10.0. The van der Waals surface area contributed by atoms with E-state index in [1.54, 1.807) is 0 Å². The van der Waals surface area contributed by atoms with Crippen molar-refractivity contribution in [1.82, 2.24) is 10.0 Å². The topological polar surface area (TPSA) is 49.6 Å². The maximum absolute atomic E-state index is 11.9. The molecule has 1 saturated heterocycles. The SMILES string of the molecule is CC(CN)N1CCCC(=O)N1C(C)(C)C. The van der Waals surface area contributed by atoms with E-state index < -0.39 is 0 Å². The van der Waals surface area contributed by atoms with Crippen LogP contribution in [0.1, 0.15) is 40.5 Å². The van der Waals surface area contributed by atoms with E-state index in [0.29, 0.717) is 13.0 Å². The van der Waals surface area contributed by atoms with Crippen LogP contribution in [0.25, 0.3) is 0 Å². The normalized spacial score (nSPS) is 21.9. The number of amides is 1. The van der Waals surface area contributed by atoms with Gasteiger partial charge < -0.3 is 5.73 Å². The van der Waals surface area contributed by atoms with E-state index >= 15 is 0 Å². The Bertz CT molecular complexity index is 234. The molecule has 0 aromatic rings. The van der Waals surface area contributed by atoms with Crippen LogP contribution in [0.4, 0.5) is 0 Å². The van der Waals surface area contributed by atoms with E-state index in [0.717, 1.165) is 13.0 Å². The summed E-state index contributed by atoms with van der Waals surface area (Å²) < 4.78 is 0. The fourth-order valence-corrected chi connectivity index (χ4v) is 2.04. The molecule has 1 aliphatic rings. The average molecular weight is 213 g/mol. The highest BCUT2D eigenvalue weighted by atomic mass is 16.2. The second-order valence-electron chi connectivity index (χ2n) is 5.23. The zero-order chi connectivity index (χ0) is 11.6. The van der Waals surface area contributed by atoms with Crippen molar-refractivity contribution in [2.24, 2.45) is 5.73 Å². The van der Waals surface area contributed by atoms with E-state index in [-0.39, 0.29) is 17.5 Å². The van der Waals surface area contributed by atoms with Crippen molar-refractivity contribution in [2.75, 3.05) is 13.1 Å². The van der Waals surface area contributed by atoms with E-state index in [4.69, 9.17) is 5.73 Å². The Labute approximate surface area is 92.4 Å². The summed E-state index contributed by atoms with van der Waals surface area (Å²) in [6.45, 7) is 9.77. The third kappa shape index (κ3) is 2.69. The number of nitrogens with zero attached hydrogens (tertiary/aromatic N) is 2. The lowest BCUT2D eigenvalue weighted by Gasteiger charge is -2.48. The van der Waals surface area contributed by atoms with E-state index in [2.05, 4.69) is 32.7 Å². The predicted octanol–water partition coefficient (Wildman–Crippen LogP) is 0.971. The largest absolute Gasteiger partial charge is 0.329 e. The minimum absolute atomic E-state index is 0.152. The first-order chi connectivity index (χ1) is 6.88. The summed E-state index contributed by atoms with van der Waals surface area (Å²) in [5, 5.41) is 4.00. The molecule has 0 radical (unpaired) electrons. The molecule has 1 unspecified atom stereocenters. The molecule has 4 nitrogen and oxygen atoms in total. The fraction of sp³-hybridized carbons (Fsp3) is 0.909. The van der Waals surface area contributed by atoms with Gasteiger partial charge in [0.2, 0.25) is 5.91 Å². The average Bonchev–Trinajstić information content (AvgIpc) is 2.14. The molecule has 0 aromatic heterocycles. The monoisotopic (exact) mass is 213 g/mol. The minimum atomic E-state index is -0.152. The molecule has 1 amide bonds. The third-order valence-corrected chi connectivity index (χ3v) is 2.76. The van der Waals surface area contributed by atoms with Gasteiger partial charge >= 0.3 is 0 Å². The number of hydrogen-bond acceptors (Lipinski definition) is 3. The fourth-order valence-electron chi connectivity index (χ4n) is 2.04. The van der Waals surface area contributed by atoms with Crippen molar-refractivity contribution in [2.45, 2.75) is 52.1 Å². The molecule has 88 valence electrons. The number of hydrazine groups is 1. The number of carbonyl (C=O) groups is 1. The minimum Gasteiger partial charge on any atom is -0.329 e. The Morgan fingerprint density at radius 2 is 2.07 bits per heavy atom. The number of nitrogens with two attached hydrogens (primary N) is 1. The summed E-state index contributed by atoms with van der Waals surface area (Å²) >= 11 is 0. The first-order valence-electron chi connectivity index (χ1n) is 5.67. The molecule has 4 heteroatoms. The molecule has 1 rings (SSSR count). The van der Waals surface area contributed by atoms with Crippen LogP contribution in [0.2, 0.25) is 0 Å². The molecule has 0 bridgehead atoms. The molecule has 1 atom stereocenters. The van der Waals surface area contributed by atoms with Crippen LogP contribution in [-0.2, 0) is 4.79 Å². The molecule has 15 heavy (non-hydrogen) atoms. The van der Waals surface area contributed by atoms with Gasteiger partial charge in [0.05, 0.1) is 5.54 Å². The van der Waals surface area contributed by atoms with Crippen molar-refractivity contribution in [3.05, 3.63) is 0 Å². The first-order valence-corrected chi connectivity index (χ1v) is 5.67. The molecule has 0 saturated carbocycles. The molecular weight excluding hydrogens is 190 g/mol. The van der Waals surface area contributed by atoms with Gasteiger partial charge in [-0.3, -0.25) is 9.80 Å². The van der Waals surface area contributed by atoms with Crippen molar-refractivity contribution in [3.8, 4) is 0 Å². The summed E-state index contributed by atoms with van der Waals surface area (Å²) in [6.07, 6.45) is 1.60. The van der Waals surface area contributed by atoms with Crippen molar-refractivity contribution < 1.29 is 4.79 Å². The zero-order valence-electron chi connectivity index (χ0n) is 10.3. The lowest BCUT2D eigenvalue weighted by Crippen LogP contribution is -2.62. The van der Waals surface area contributed by atoms with Crippen LogP contribution in [0.15, 0.2) is 0 Å². The van der Waals surface area contributed by atoms with Gasteiger partial charge in [0.15, 0.2) is 0 Å². The Kier molecular flexibility index (Phi) is 3.73. The second-order valence-corrected chi connectivity index (χ2v) is 5.23. The molecule has 1 aliphatic heterocycles. The van der Waals surface area contributed by atoms with Gasteiger partial charge in [-0.2, -0.15) is 0 Å². The molecule has 2 N–H and O–H groups in total. The number of carbonyl (C=O) groups excluding carboxylic acids is 1. The van der Waals surface area contributed by atoms with Gasteiger partial charge in [-0.25, -0.2) is 5.01 Å². The maximum atomic E-state index is 11.9. The van der Waals surface area contributed by atoms with Crippen molar-refractivity contribution in [3.63, 3.8) is 0 Å². The predicted molar refractivity (Wildman–Crippen MR) is 61.1 cm³/mol. The summed E-state index contributed by atoms with van der Waals surface area (Å²) in [7, 11) is 0. The summed E-state index contributed by atoms with van der Waals surface area (Å²) in [4.78, 5) is 11.9. The Hall–Kier alpha value is -0.610. The zero-order valence-corrected chi connectivity index (χ0v) is 10.3. The second kappa shape index (κ2) is 4.49. The van der Waals surface area contributed by atoms with Crippen LogP contribution < -0.4 is 5.73 Å². The molecule has 1 fully saturated rings. The molecule has 0 spiro atoms. The molecule has 1 heterocycles. The smallest absolute Gasteiger partial charge is 0.237 e. The van der Waals surface area contributed by atoms with Crippen LogP contribution in [0.5, 0.6) is 0 Å². The third-order valence-electron chi connectivity index (χ3n) is 2.76. The maximum Gasteiger partial charge on any atom is 0.237 e. The van der Waals surface area contributed by atoms with Crippen LogP contribution in [0, 0.1) is 0 Å². The first kappa shape index (κ1) is 12.5. The Balaban J connectivity index is 2.87. The van der Waals surface area contributed by atoms with Crippen LogP contribution in [0.3, 0.4) is 0 Å². The van der Waals surface area contributed by atoms with Crippen molar-refractivity contribution in [1.29, 1.82) is 0 Å². The Morgan fingerprint density at radius 3 is 2.53 bits per heavy atom. The van der Waals surface area contributed by atoms with Crippen LogP contribution in [-0.4, -0.2) is 40.6 Å². The van der Waals surface area contributed by atoms with E-state index in [1.165, 1.54) is 0 Å². The van der Waals surface area contributed by atoms with Crippen molar-refractivity contribution >= 4 is 5.91 Å². The molecular formula is C11H23N3O. The van der Waals surface area contributed by atoms with Crippen LogP contribution >= 0.6 is 0 Å². The summed E-state index contributed by atoms with van der Waals surface area (Å²) in [5.74, 6) is 0.217. The van der Waals surface area contributed by atoms with Gasteiger partial charge in [0, 0.05) is 25.6 Å². The Morgan fingerprint density at radius 1 is 1.47 bits per heavy atom. The highest BCUT2D eigenvalue weighted by Crippen LogP contribution is 2.24. The van der Waals surface area contributed by atoms with Gasteiger partial charge in [-0.05, 0) is 34.1 Å². The summed E-state index contributed by atoms with van der Waals surface area (Å²) in [5.41, 5.74) is 5.52. The van der Waals surface area contributed by atoms with E-state index in [1.807, 2.05) is 5.01 Å². The highest BCUT2D eigenvalue weighted by molar-refractivity contribution is 5.77. The molecule has 0 aromatic carbocycles. The lowest BCUT2D eigenvalue weighted by molar-refractivity contribution is -0.176. The highest BCUT2D eigenvalue weighted by Gasteiger charge is 2.36. The molecule has 0 aliphatic carbocycles. The van der Waals surface area contributed by atoms with Gasteiger partial charge in [0.25, 0.3) is 0 Å². The van der Waals surface area contributed by atoms with Gasteiger partial charge in [0.1, 0.15) is 0 Å². The van der Waals surface area contributed by atoms with E-state index in [9.17, 15) is 4.79 Å². The summed E-state index contributed by atoms with van der Waals surface area (Å²) in [6, 6.07) is 0.230. The van der Waals surface area contributed by atoms with Gasteiger partial charge in [-0.1, -0.05) is 0 Å². The standard InChI is InChI=1S/C11H23N3O/c1-9(8-12)13-7-5-6-10(15)14(13)11(2,3)4/h9H,5-8,12H2,1-4H3. The quantitative estimate of drug-likeness (QED) is 0.743. The number of hydrogen-bond donors (Lipinski definition) is 1. The van der Waals surface area contributed by atoms with Gasteiger partial charge in [-0.15, -0.1) is 0 Å².